The Kier molecular flexibility index (Phi) is 4.86. The lowest BCUT2D eigenvalue weighted by Gasteiger charge is -2.20. The Morgan fingerprint density at radius 2 is 0.960 bits per heavy atom. The van der Waals surface area contributed by atoms with Crippen molar-refractivity contribution in [3.05, 3.63) is 169 Å². The zero-order valence-electron chi connectivity index (χ0n) is 35.5. The van der Waals surface area contributed by atoms with E-state index in [4.69, 9.17) is 9.90 Å². The monoisotopic (exact) mass is 646 g/mol. The van der Waals surface area contributed by atoms with Crippen LogP contribution in [0.4, 0.5) is 0 Å². The first-order chi connectivity index (χ1) is 28.0. The number of benzene rings is 9. The van der Waals surface area contributed by atoms with Gasteiger partial charge < -0.3 is 4.42 Å². The van der Waals surface area contributed by atoms with E-state index in [1.165, 1.54) is 16.3 Å². The Hall–Kier alpha value is -6.18. The molecule has 0 aliphatic heterocycles. The highest BCUT2D eigenvalue weighted by molar-refractivity contribution is 6.25. The zero-order valence-corrected chi connectivity index (χ0v) is 27.5. The Morgan fingerprint density at radius 1 is 0.440 bits per heavy atom. The molecule has 1 nitrogen and oxygen atoms in total. The molecule has 10 rings (SSSR count). The maximum Gasteiger partial charge on any atom is 0.136 e. The quantitative estimate of drug-likeness (QED) is 0.137. The predicted molar refractivity (Wildman–Crippen MR) is 214 cm³/mol. The van der Waals surface area contributed by atoms with Crippen molar-refractivity contribution in [2.45, 2.75) is 19.8 Å². The van der Waals surface area contributed by atoms with Crippen molar-refractivity contribution >= 4 is 64.8 Å². The van der Waals surface area contributed by atoms with Crippen LogP contribution in [0.5, 0.6) is 0 Å². The van der Waals surface area contributed by atoms with Gasteiger partial charge >= 0.3 is 0 Å². The fraction of sp³-hybridized carbons (Fsp3) is 0.0612. The molecular weight excluding hydrogens is 605 g/mol. The van der Waals surface area contributed by atoms with Crippen molar-refractivity contribution in [1.29, 1.82) is 0 Å². The fourth-order valence-corrected chi connectivity index (χ4v) is 7.88. The summed E-state index contributed by atoms with van der Waals surface area (Å²) in [5, 5.41) is 7.49. The first-order valence-corrected chi connectivity index (χ1v) is 16.9. The summed E-state index contributed by atoms with van der Waals surface area (Å²) in [6.45, 7) is 4.40. The van der Waals surface area contributed by atoms with Gasteiger partial charge in [0.2, 0.25) is 0 Å². The normalized spacial score (nSPS) is 14.2. The van der Waals surface area contributed by atoms with Crippen LogP contribution in [-0.4, -0.2) is 0 Å². The summed E-state index contributed by atoms with van der Waals surface area (Å²) in [4.78, 5) is 0. The molecule has 1 heteroatoms. The molecule has 1 heterocycles. The number of fused-ring (bicyclic) bond motifs is 7. The molecule has 0 bridgehead atoms. The molecule has 0 saturated carbocycles. The number of para-hydroxylation sites is 1. The molecule has 0 radical (unpaired) electrons. The van der Waals surface area contributed by atoms with Gasteiger partial charge in [-0.2, -0.15) is 0 Å². The molecule has 50 heavy (non-hydrogen) atoms. The number of hydrogen-bond donors (Lipinski definition) is 0. The van der Waals surface area contributed by atoms with Gasteiger partial charge in [-0.1, -0.05) is 159 Å². The molecule has 0 atom stereocenters. The van der Waals surface area contributed by atoms with Crippen LogP contribution in [0.25, 0.3) is 98.4 Å². The van der Waals surface area contributed by atoms with Crippen LogP contribution in [0.2, 0.25) is 0 Å². The Labute approximate surface area is 302 Å². The zero-order chi connectivity index (χ0) is 40.3. The molecule has 0 N–H and O–H groups in total. The van der Waals surface area contributed by atoms with Crippen LogP contribution < -0.4 is 0 Å². The van der Waals surface area contributed by atoms with Crippen molar-refractivity contribution in [3.63, 3.8) is 0 Å². The summed E-state index contributed by atoms with van der Waals surface area (Å²) in [6.07, 6.45) is 0. The third-order valence-corrected chi connectivity index (χ3v) is 10.1. The second kappa shape index (κ2) is 11.2. The standard InChI is InChI=1S/C49H34O/c1-30(2)32-23-13-24-37-34-16-5-7-18-36(34)45(29-44(32)37)38-26-27-43(35-17-6-4-15-33(35)38)48-39-19-8-10-21-41(39)49(42-22-11-9-20-40(42)48)47-28-31-14-3-12-25-46(31)50-47/h3-30H,1-2H3/i8D,9D,10D,11D,19D,20D,21D,22D. The van der Waals surface area contributed by atoms with Crippen molar-refractivity contribution in [2.24, 2.45) is 0 Å². The highest BCUT2D eigenvalue weighted by Crippen LogP contribution is 2.48. The van der Waals surface area contributed by atoms with Gasteiger partial charge in [0.05, 0.1) is 11.0 Å². The molecule has 0 spiro atoms. The number of furan rings is 1. The Morgan fingerprint density at radius 3 is 1.62 bits per heavy atom. The molecule has 0 aliphatic rings. The largest absolute Gasteiger partial charge is 0.456 e. The molecule has 236 valence electrons. The van der Waals surface area contributed by atoms with Gasteiger partial charge in [0, 0.05) is 10.9 Å². The van der Waals surface area contributed by atoms with E-state index in [-0.39, 0.29) is 57.0 Å². The number of hydrogen-bond acceptors (Lipinski definition) is 1. The highest BCUT2D eigenvalue weighted by atomic mass is 16.3. The first kappa shape index (κ1) is 21.7. The van der Waals surface area contributed by atoms with Gasteiger partial charge in [0.25, 0.3) is 0 Å². The summed E-state index contributed by atoms with van der Waals surface area (Å²) >= 11 is 0. The minimum atomic E-state index is -0.454. The van der Waals surface area contributed by atoms with Gasteiger partial charge in [0.1, 0.15) is 11.3 Å². The molecule has 9 aromatic carbocycles. The van der Waals surface area contributed by atoms with Crippen LogP contribution in [0.15, 0.2) is 168 Å². The van der Waals surface area contributed by atoms with Gasteiger partial charge in [-0.15, -0.1) is 0 Å². The lowest BCUT2D eigenvalue weighted by Crippen LogP contribution is -1.94. The van der Waals surface area contributed by atoms with E-state index in [2.05, 4.69) is 56.3 Å². The maximum atomic E-state index is 9.47. The van der Waals surface area contributed by atoms with E-state index in [1.807, 2.05) is 60.7 Å². The second-order valence-corrected chi connectivity index (χ2v) is 13.2. The van der Waals surface area contributed by atoms with Crippen molar-refractivity contribution in [3.8, 4) is 33.6 Å². The molecule has 0 amide bonds. The SMILES string of the molecule is [2H]c1c([2H])c([2H])c2c(-c3ccc(-c4cc5c(C(C)C)cccc5c5ccccc45)c4ccccc34)c3c([2H])c([2H])c([2H])c([2H])c3c(-c3cc4ccccc4o3)c2c1[2H]. The van der Waals surface area contributed by atoms with Crippen LogP contribution in [0.1, 0.15) is 36.3 Å². The summed E-state index contributed by atoms with van der Waals surface area (Å²) in [6, 6.07) is 35.0. The first-order valence-electron chi connectivity index (χ1n) is 20.9. The lowest BCUT2D eigenvalue weighted by molar-refractivity contribution is 0.633. The lowest BCUT2D eigenvalue weighted by atomic mass is 9.83. The maximum absolute atomic E-state index is 9.47. The van der Waals surface area contributed by atoms with Crippen LogP contribution in [-0.2, 0) is 0 Å². The summed E-state index contributed by atoms with van der Waals surface area (Å²) in [5.41, 5.74) is 4.85. The van der Waals surface area contributed by atoms with E-state index < -0.39 is 24.2 Å². The third kappa shape index (κ3) is 4.27. The minimum absolute atomic E-state index is 0.118. The molecule has 1 aromatic heterocycles. The number of rotatable bonds is 4. The van der Waals surface area contributed by atoms with E-state index in [9.17, 15) is 5.48 Å². The predicted octanol–water partition coefficient (Wildman–Crippen LogP) is 14.3. The molecule has 10 aromatic rings. The topological polar surface area (TPSA) is 13.1 Å². The van der Waals surface area contributed by atoms with E-state index in [0.717, 1.165) is 38.1 Å². The van der Waals surface area contributed by atoms with Gasteiger partial charge in [-0.05, 0) is 106 Å². The summed E-state index contributed by atoms with van der Waals surface area (Å²) in [7, 11) is 0. The minimum Gasteiger partial charge on any atom is -0.456 e. The van der Waals surface area contributed by atoms with Crippen molar-refractivity contribution < 1.29 is 15.4 Å². The fourth-order valence-electron chi connectivity index (χ4n) is 7.88. The molecule has 0 aliphatic carbocycles. The van der Waals surface area contributed by atoms with Crippen LogP contribution in [0.3, 0.4) is 0 Å². The second-order valence-electron chi connectivity index (χ2n) is 13.2. The summed E-state index contributed by atoms with van der Waals surface area (Å²) in [5.74, 6) is 0.530. The van der Waals surface area contributed by atoms with Gasteiger partial charge in [-0.25, -0.2) is 0 Å². The average molecular weight is 647 g/mol. The smallest absolute Gasteiger partial charge is 0.136 e. The average Bonchev–Trinajstić information content (AvgIpc) is 3.68. The molecule has 0 fully saturated rings. The Bertz CT molecular complexity index is 3300. The van der Waals surface area contributed by atoms with Gasteiger partial charge in [-0.3, -0.25) is 0 Å². The van der Waals surface area contributed by atoms with Crippen LogP contribution >= 0.6 is 0 Å². The van der Waals surface area contributed by atoms with Crippen LogP contribution in [0, 0.1) is 0 Å². The Balaban J connectivity index is 1.40. The van der Waals surface area contributed by atoms with Crippen molar-refractivity contribution in [1.82, 2.24) is 0 Å². The molecule has 0 saturated heterocycles. The van der Waals surface area contributed by atoms with E-state index in [1.54, 1.807) is 12.1 Å². The van der Waals surface area contributed by atoms with E-state index in [0.29, 0.717) is 22.6 Å². The summed E-state index contributed by atoms with van der Waals surface area (Å²) < 4.78 is 79.5. The third-order valence-electron chi connectivity index (χ3n) is 10.1. The molecular formula is C49H34O. The molecule has 0 unspecified atom stereocenters. The van der Waals surface area contributed by atoms with Crippen molar-refractivity contribution in [2.75, 3.05) is 0 Å². The van der Waals surface area contributed by atoms with Gasteiger partial charge in [0.15, 0.2) is 0 Å². The van der Waals surface area contributed by atoms with E-state index >= 15 is 0 Å². The highest BCUT2D eigenvalue weighted by Gasteiger charge is 2.21.